The molecule has 4 heteroatoms. The smallest absolute Gasteiger partial charge is 0.248 e. The molecule has 1 heterocycles. The predicted molar refractivity (Wildman–Crippen MR) is 84.4 cm³/mol. The molecule has 0 saturated heterocycles. The fourth-order valence-electron chi connectivity index (χ4n) is 2.38. The maximum absolute atomic E-state index is 13.7. The van der Waals surface area contributed by atoms with Crippen LogP contribution >= 0.6 is 0 Å². The van der Waals surface area contributed by atoms with Gasteiger partial charge in [-0.15, -0.1) is 0 Å². The first kappa shape index (κ1) is 14.3. The average Bonchev–Trinajstić information content (AvgIpc) is 2.95. The normalized spacial score (nSPS) is 13.0. The van der Waals surface area contributed by atoms with Gasteiger partial charge in [-0.05, 0) is 54.0 Å². The van der Waals surface area contributed by atoms with Gasteiger partial charge in [0.15, 0.2) is 0 Å². The lowest BCUT2D eigenvalue weighted by atomic mass is 10.1. The molecule has 2 aromatic carbocycles. The Balaban J connectivity index is 1.68. The summed E-state index contributed by atoms with van der Waals surface area (Å²) in [6.07, 6.45) is 3.99. The molecule has 0 radical (unpaired) electrons. The second-order valence-corrected chi connectivity index (χ2v) is 5.27. The molecule has 0 saturated carbocycles. The molecule has 0 atom stereocenters. The summed E-state index contributed by atoms with van der Waals surface area (Å²) < 4.78 is 19.1. The number of fused-ring (bicyclic) bond motifs is 1. The van der Waals surface area contributed by atoms with Crippen molar-refractivity contribution < 1.29 is 13.9 Å². The molecule has 1 amide bonds. The van der Waals surface area contributed by atoms with Gasteiger partial charge in [0.05, 0.1) is 12.3 Å². The van der Waals surface area contributed by atoms with Gasteiger partial charge in [-0.3, -0.25) is 4.79 Å². The van der Waals surface area contributed by atoms with Crippen molar-refractivity contribution in [3.63, 3.8) is 0 Å². The lowest BCUT2D eigenvalue weighted by Crippen LogP contribution is -2.09. The average molecular weight is 297 g/mol. The van der Waals surface area contributed by atoms with Crippen molar-refractivity contribution in [3.8, 4) is 5.75 Å². The third-order valence-corrected chi connectivity index (χ3v) is 3.52. The molecule has 1 aliphatic heterocycles. The fourth-order valence-corrected chi connectivity index (χ4v) is 2.38. The van der Waals surface area contributed by atoms with Crippen molar-refractivity contribution in [2.24, 2.45) is 0 Å². The number of amides is 1. The Hall–Kier alpha value is -2.62. The fraction of sp³-hybridized carbons (Fsp3) is 0.167. The van der Waals surface area contributed by atoms with Gasteiger partial charge in [0.25, 0.3) is 0 Å². The van der Waals surface area contributed by atoms with E-state index in [1.54, 1.807) is 25.1 Å². The van der Waals surface area contributed by atoms with Gasteiger partial charge in [-0.25, -0.2) is 4.39 Å². The number of hydrogen-bond acceptors (Lipinski definition) is 2. The van der Waals surface area contributed by atoms with Crippen LogP contribution in [-0.4, -0.2) is 12.5 Å². The monoisotopic (exact) mass is 297 g/mol. The molecule has 0 aromatic heterocycles. The third-order valence-electron chi connectivity index (χ3n) is 3.52. The highest BCUT2D eigenvalue weighted by Gasteiger charge is 2.11. The highest BCUT2D eigenvalue weighted by molar-refractivity contribution is 6.02. The molecule has 2 aromatic rings. The van der Waals surface area contributed by atoms with Crippen LogP contribution in [0.2, 0.25) is 0 Å². The van der Waals surface area contributed by atoms with Crippen molar-refractivity contribution in [2.75, 3.05) is 11.9 Å². The number of ether oxygens (including phenoxy) is 1. The molecule has 112 valence electrons. The lowest BCUT2D eigenvalue weighted by Gasteiger charge is -2.04. The minimum atomic E-state index is -0.434. The SMILES string of the molecule is Cc1ccc(NC(=O)/C=C/c2ccc3c(c2)CCO3)c(F)c1. The Kier molecular flexibility index (Phi) is 3.92. The third kappa shape index (κ3) is 3.17. The molecule has 22 heavy (non-hydrogen) atoms. The molecular weight excluding hydrogens is 281 g/mol. The summed E-state index contributed by atoms with van der Waals surface area (Å²) >= 11 is 0. The van der Waals surface area contributed by atoms with E-state index >= 15 is 0 Å². The summed E-state index contributed by atoms with van der Waals surface area (Å²) in [5, 5.41) is 2.53. The number of hydrogen-bond donors (Lipinski definition) is 1. The maximum atomic E-state index is 13.7. The quantitative estimate of drug-likeness (QED) is 0.877. The lowest BCUT2D eigenvalue weighted by molar-refractivity contribution is -0.111. The number of rotatable bonds is 3. The number of carbonyl (C=O) groups is 1. The van der Waals surface area contributed by atoms with Gasteiger partial charge in [0.2, 0.25) is 5.91 Å². The number of benzene rings is 2. The van der Waals surface area contributed by atoms with Gasteiger partial charge in [-0.1, -0.05) is 12.1 Å². The van der Waals surface area contributed by atoms with Crippen LogP contribution in [0.4, 0.5) is 10.1 Å². The first-order valence-electron chi connectivity index (χ1n) is 7.13. The molecule has 3 rings (SSSR count). The summed E-state index contributed by atoms with van der Waals surface area (Å²) in [6, 6.07) is 10.5. The summed E-state index contributed by atoms with van der Waals surface area (Å²) in [4.78, 5) is 11.9. The van der Waals surface area contributed by atoms with Crippen molar-refractivity contribution in [1.29, 1.82) is 0 Å². The number of anilines is 1. The van der Waals surface area contributed by atoms with Gasteiger partial charge in [-0.2, -0.15) is 0 Å². The zero-order chi connectivity index (χ0) is 15.5. The van der Waals surface area contributed by atoms with E-state index in [9.17, 15) is 9.18 Å². The second kappa shape index (κ2) is 6.02. The van der Waals surface area contributed by atoms with Crippen LogP contribution in [0.25, 0.3) is 6.08 Å². The summed E-state index contributed by atoms with van der Waals surface area (Å²) in [7, 11) is 0. The molecule has 0 unspecified atom stereocenters. The number of aryl methyl sites for hydroxylation is 1. The molecule has 0 fully saturated rings. The highest BCUT2D eigenvalue weighted by atomic mass is 19.1. The Morgan fingerprint density at radius 3 is 2.95 bits per heavy atom. The van der Waals surface area contributed by atoms with Gasteiger partial charge >= 0.3 is 0 Å². The molecular formula is C18H16FNO2. The minimum absolute atomic E-state index is 0.183. The summed E-state index contributed by atoms with van der Waals surface area (Å²) in [6.45, 7) is 2.50. The van der Waals surface area contributed by atoms with Crippen molar-refractivity contribution in [1.82, 2.24) is 0 Å². The Bertz CT molecular complexity index is 753. The molecule has 0 bridgehead atoms. The van der Waals surface area contributed by atoms with E-state index in [-0.39, 0.29) is 11.6 Å². The molecule has 0 spiro atoms. The Labute approximate surface area is 128 Å². The van der Waals surface area contributed by atoms with Crippen LogP contribution in [-0.2, 0) is 11.2 Å². The van der Waals surface area contributed by atoms with E-state index in [4.69, 9.17) is 4.74 Å². The van der Waals surface area contributed by atoms with Gasteiger partial charge in [0, 0.05) is 12.5 Å². The van der Waals surface area contributed by atoms with Crippen molar-refractivity contribution in [3.05, 3.63) is 65.0 Å². The van der Waals surface area contributed by atoms with E-state index in [1.807, 2.05) is 18.2 Å². The number of nitrogens with one attached hydrogen (secondary N) is 1. The Morgan fingerprint density at radius 2 is 2.14 bits per heavy atom. The van der Waals surface area contributed by atoms with Crippen LogP contribution < -0.4 is 10.1 Å². The van der Waals surface area contributed by atoms with E-state index in [2.05, 4.69) is 5.32 Å². The van der Waals surface area contributed by atoms with Crippen LogP contribution in [0, 0.1) is 12.7 Å². The largest absolute Gasteiger partial charge is 0.493 e. The standard InChI is InChI=1S/C18H16FNO2/c1-12-2-5-16(15(19)10-12)20-18(21)7-4-13-3-6-17-14(11-13)8-9-22-17/h2-7,10-11H,8-9H2,1H3,(H,20,21)/b7-4+. The number of halogens is 1. The first-order chi connectivity index (χ1) is 10.6. The van der Waals surface area contributed by atoms with E-state index in [1.165, 1.54) is 12.1 Å². The van der Waals surface area contributed by atoms with Gasteiger partial charge < -0.3 is 10.1 Å². The van der Waals surface area contributed by atoms with Crippen LogP contribution in [0.15, 0.2) is 42.5 Å². The molecule has 1 N–H and O–H groups in total. The zero-order valence-corrected chi connectivity index (χ0v) is 12.2. The van der Waals surface area contributed by atoms with Crippen LogP contribution in [0.5, 0.6) is 5.75 Å². The summed E-state index contributed by atoms with van der Waals surface area (Å²) in [5.74, 6) is 0.110. The zero-order valence-electron chi connectivity index (χ0n) is 12.2. The van der Waals surface area contributed by atoms with Crippen LogP contribution in [0.3, 0.4) is 0 Å². The topological polar surface area (TPSA) is 38.3 Å². The maximum Gasteiger partial charge on any atom is 0.248 e. The molecule has 3 nitrogen and oxygen atoms in total. The van der Waals surface area contributed by atoms with E-state index < -0.39 is 5.82 Å². The van der Waals surface area contributed by atoms with Gasteiger partial charge in [0.1, 0.15) is 11.6 Å². The van der Waals surface area contributed by atoms with Crippen LogP contribution in [0.1, 0.15) is 16.7 Å². The van der Waals surface area contributed by atoms with Crippen molar-refractivity contribution >= 4 is 17.7 Å². The second-order valence-electron chi connectivity index (χ2n) is 5.27. The molecule has 1 aliphatic rings. The first-order valence-corrected chi connectivity index (χ1v) is 7.13. The number of carbonyl (C=O) groups excluding carboxylic acids is 1. The Morgan fingerprint density at radius 1 is 1.27 bits per heavy atom. The van der Waals surface area contributed by atoms with E-state index in [0.29, 0.717) is 6.61 Å². The minimum Gasteiger partial charge on any atom is -0.493 e. The van der Waals surface area contributed by atoms with Crippen molar-refractivity contribution in [2.45, 2.75) is 13.3 Å². The highest BCUT2D eigenvalue weighted by Crippen LogP contribution is 2.26. The summed E-state index contributed by atoms with van der Waals surface area (Å²) in [5.41, 5.74) is 3.06. The van der Waals surface area contributed by atoms with E-state index in [0.717, 1.165) is 28.9 Å². The predicted octanol–water partition coefficient (Wildman–Crippen LogP) is 3.72. The molecule has 0 aliphatic carbocycles.